The predicted octanol–water partition coefficient (Wildman–Crippen LogP) is 6.44. The van der Waals surface area contributed by atoms with Crippen molar-refractivity contribution in [3.63, 3.8) is 0 Å². The van der Waals surface area contributed by atoms with Crippen LogP contribution in [0.15, 0.2) is 75.9 Å². The number of ether oxygens (including phenoxy) is 2. The summed E-state index contributed by atoms with van der Waals surface area (Å²) in [5.41, 5.74) is 2.33. The Morgan fingerprint density at radius 1 is 1.00 bits per heavy atom. The van der Waals surface area contributed by atoms with E-state index in [2.05, 4.69) is 26.1 Å². The van der Waals surface area contributed by atoms with Gasteiger partial charge in [0.25, 0.3) is 5.91 Å². The number of rotatable bonds is 6. The first kappa shape index (κ1) is 24.4. The molecule has 0 aliphatic carbocycles. The molecular formula is C28H26ClNO5. The van der Waals surface area contributed by atoms with Crippen molar-refractivity contribution in [2.24, 2.45) is 0 Å². The van der Waals surface area contributed by atoms with Crippen molar-refractivity contribution < 1.29 is 18.7 Å². The van der Waals surface area contributed by atoms with Crippen LogP contribution in [0.2, 0.25) is 5.02 Å². The Labute approximate surface area is 208 Å². The lowest BCUT2D eigenvalue weighted by atomic mass is 9.86. The highest BCUT2D eigenvalue weighted by molar-refractivity contribution is 6.31. The molecule has 1 aromatic heterocycles. The van der Waals surface area contributed by atoms with Crippen molar-refractivity contribution in [2.75, 3.05) is 19.0 Å². The summed E-state index contributed by atoms with van der Waals surface area (Å²) in [7, 11) is 1.57. The Kier molecular flexibility index (Phi) is 6.85. The monoisotopic (exact) mass is 491 g/mol. The third-order valence-electron chi connectivity index (χ3n) is 5.55. The summed E-state index contributed by atoms with van der Waals surface area (Å²) in [6, 6.07) is 19.5. The molecule has 1 N–H and O–H groups in total. The predicted molar refractivity (Wildman–Crippen MR) is 139 cm³/mol. The molecule has 4 aromatic rings. The molecule has 0 atom stereocenters. The topological polar surface area (TPSA) is 77.8 Å². The van der Waals surface area contributed by atoms with E-state index in [1.807, 2.05) is 24.3 Å². The van der Waals surface area contributed by atoms with E-state index in [0.29, 0.717) is 27.6 Å². The number of fused-ring (bicyclic) bond motifs is 1. The van der Waals surface area contributed by atoms with E-state index < -0.39 is 11.3 Å². The summed E-state index contributed by atoms with van der Waals surface area (Å²) >= 11 is 6.10. The number of anilines is 1. The fourth-order valence-corrected chi connectivity index (χ4v) is 3.77. The Balaban J connectivity index is 1.67. The summed E-state index contributed by atoms with van der Waals surface area (Å²) in [6.45, 7) is 5.99. The van der Waals surface area contributed by atoms with Gasteiger partial charge in [0.15, 0.2) is 12.4 Å². The lowest BCUT2D eigenvalue weighted by molar-refractivity contribution is -0.118. The van der Waals surface area contributed by atoms with Crippen LogP contribution in [0.4, 0.5) is 5.69 Å². The molecule has 4 rings (SSSR count). The molecule has 180 valence electrons. The molecule has 1 heterocycles. The van der Waals surface area contributed by atoms with Crippen molar-refractivity contribution in [2.45, 2.75) is 26.2 Å². The fraction of sp³-hybridized carbons (Fsp3) is 0.214. The first-order chi connectivity index (χ1) is 16.7. The third-order valence-corrected chi connectivity index (χ3v) is 5.78. The Morgan fingerprint density at radius 2 is 1.69 bits per heavy atom. The van der Waals surface area contributed by atoms with Gasteiger partial charge in [-0.3, -0.25) is 9.59 Å². The molecule has 0 radical (unpaired) electrons. The second kappa shape index (κ2) is 9.84. The second-order valence-corrected chi connectivity index (χ2v) is 9.56. The molecule has 0 saturated heterocycles. The van der Waals surface area contributed by atoms with Crippen LogP contribution in [0, 0.1) is 0 Å². The molecule has 0 spiro atoms. The molecule has 6 nitrogen and oxygen atoms in total. The molecule has 0 aliphatic rings. The number of nitrogens with one attached hydrogen (secondary N) is 1. The maximum absolute atomic E-state index is 13.4. The average molecular weight is 492 g/mol. The minimum atomic E-state index is -0.421. The summed E-state index contributed by atoms with van der Waals surface area (Å²) in [4.78, 5) is 25.9. The molecule has 0 bridgehead atoms. The van der Waals surface area contributed by atoms with Gasteiger partial charge >= 0.3 is 0 Å². The minimum Gasteiger partial charge on any atom is -0.497 e. The quantitative estimate of drug-likeness (QED) is 0.336. The van der Waals surface area contributed by atoms with Gasteiger partial charge in [0.1, 0.15) is 11.3 Å². The normalized spacial score (nSPS) is 11.3. The highest BCUT2D eigenvalue weighted by atomic mass is 35.5. The minimum absolute atomic E-state index is 0.0294. The highest BCUT2D eigenvalue weighted by Gasteiger charge is 2.20. The highest BCUT2D eigenvalue weighted by Crippen LogP contribution is 2.33. The molecule has 0 fully saturated rings. The lowest BCUT2D eigenvalue weighted by Gasteiger charge is -2.19. The summed E-state index contributed by atoms with van der Waals surface area (Å²) < 4.78 is 17.0. The second-order valence-electron chi connectivity index (χ2n) is 9.12. The van der Waals surface area contributed by atoms with Crippen molar-refractivity contribution in [3.8, 4) is 22.8 Å². The van der Waals surface area contributed by atoms with Gasteiger partial charge in [0.2, 0.25) is 11.2 Å². The molecule has 0 saturated carbocycles. The fourth-order valence-electron chi connectivity index (χ4n) is 3.60. The largest absolute Gasteiger partial charge is 0.497 e. The van der Waals surface area contributed by atoms with Crippen LogP contribution in [-0.4, -0.2) is 19.6 Å². The summed E-state index contributed by atoms with van der Waals surface area (Å²) in [6.07, 6.45) is 0. The smallest absolute Gasteiger partial charge is 0.262 e. The summed E-state index contributed by atoms with van der Waals surface area (Å²) in [5, 5.41) is 3.41. The SMILES string of the molecule is COc1ccc(NC(=O)COc2c(-c3ccc(C(C)(C)C)cc3)oc3ccc(Cl)cc3c2=O)cc1. The van der Waals surface area contributed by atoms with E-state index in [4.69, 9.17) is 25.5 Å². The number of carbonyl (C=O) groups excluding carboxylic acids is 1. The Bertz CT molecular complexity index is 1420. The molecule has 1 amide bonds. The van der Waals surface area contributed by atoms with Crippen LogP contribution in [0.3, 0.4) is 0 Å². The summed E-state index contributed by atoms with van der Waals surface area (Å²) in [5.74, 6) is 0.458. The number of hydrogen-bond acceptors (Lipinski definition) is 5. The van der Waals surface area contributed by atoms with E-state index in [-0.39, 0.29) is 28.9 Å². The van der Waals surface area contributed by atoms with Crippen LogP contribution < -0.4 is 20.2 Å². The van der Waals surface area contributed by atoms with Gasteiger partial charge in [0, 0.05) is 16.3 Å². The zero-order chi connectivity index (χ0) is 25.2. The zero-order valence-electron chi connectivity index (χ0n) is 20.0. The van der Waals surface area contributed by atoms with Gasteiger partial charge in [-0.25, -0.2) is 0 Å². The molecular weight excluding hydrogens is 466 g/mol. The molecule has 0 aliphatic heterocycles. The van der Waals surface area contributed by atoms with Gasteiger partial charge in [-0.2, -0.15) is 0 Å². The molecule has 0 unspecified atom stereocenters. The van der Waals surface area contributed by atoms with Crippen LogP contribution in [0.1, 0.15) is 26.3 Å². The van der Waals surface area contributed by atoms with Crippen molar-refractivity contribution >= 4 is 34.2 Å². The van der Waals surface area contributed by atoms with Crippen LogP contribution in [-0.2, 0) is 10.2 Å². The van der Waals surface area contributed by atoms with E-state index in [0.717, 1.165) is 5.56 Å². The maximum atomic E-state index is 13.4. The Hall–Kier alpha value is -3.77. The van der Waals surface area contributed by atoms with Crippen LogP contribution in [0.5, 0.6) is 11.5 Å². The van der Waals surface area contributed by atoms with Gasteiger partial charge in [-0.15, -0.1) is 0 Å². The van der Waals surface area contributed by atoms with Gasteiger partial charge in [-0.05, 0) is 53.4 Å². The van der Waals surface area contributed by atoms with E-state index in [1.165, 1.54) is 6.07 Å². The maximum Gasteiger partial charge on any atom is 0.262 e. The first-order valence-corrected chi connectivity index (χ1v) is 11.5. The number of methoxy groups -OCH3 is 1. The first-order valence-electron chi connectivity index (χ1n) is 11.1. The van der Waals surface area contributed by atoms with E-state index >= 15 is 0 Å². The van der Waals surface area contributed by atoms with E-state index in [9.17, 15) is 9.59 Å². The van der Waals surface area contributed by atoms with Crippen LogP contribution in [0.25, 0.3) is 22.3 Å². The average Bonchev–Trinajstić information content (AvgIpc) is 2.83. The lowest BCUT2D eigenvalue weighted by Crippen LogP contribution is -2.22. The van der Waals surface area contributed by atoms with Gasteiger partial charge < -0.3 is 19.2 Å². The number of amides is 1. The zero-order valence-corrected chi connectivity index (χ0v) is 20.7. The molecule has 7 heteroatoms. The van der Waals surface area contributed by atoms with Crippen molar-refractivity contribution in [1.82, 2.24) is 0 Å². The van der Waals surface area contributed by atoms with Crippen molar-refractivity contribution in [1.29, 1.82) is 0 Å². The van der Waals surface area contributed by atoms with Gasteiger partial charge in [-0.1, -0.05) is 56.6 Å². The number of halogens is 1. The van der Waals surface area contributed by atoms with E-state index in [1.54, 1.807) is 43.5 Å². The number of hydrogen-bond donors (Lipinski definition) is 1. The Morgan fingerprint density at radius 3 is 2.31 bits per heavy atom. The molecule has 3 aromatic carbocycles. The van der Waals surface area contributed by atoms with Gasteiger partial charge in [0.05, 0.1) is 12.5 Å². The van der Waals surface area contributed by atoms with Crippen molar-refractivity contribution in [3.05, 3.63) is 87.5 Å². The third kappa shape index (κ3) is 5.49. The number of carbonyl (C=O) groups is 1. The molecule has 35 heavy (non-hydrogen) atoms. The standard InChI is InChI=1S/C28H26ClNO5/c1-28(2,3)18-7-5-17(6-8-18)26-27(25(32)22-15-19(29)9-14-23(22)35-26)34-16-24(31)30-20-10-12-21(33-4)13-11-20/h5-15H,16H2,1-4H3,(H,30,31). The number of benzene rings is 3. The van der Waals surface area contributed by atoms with Crippen LogP contribution >= 0.6 is 11.6 Å².